The molecular weight excluding hydrogens is 504 g/mol. The lowest BCUT2D eigenvalue weighted by molar-refractivity contribution is -0.0501. The second-order valence-corrected chi connectivity index (χ2v) is 9.32. The smallest absolute Gasteiger partial charge is 0.207 e. The maximum atomic E-state index is 10.6. The van der Waals surface area contributed by atoms with Gasteiger partial charge in [-0.2, -0.15) is 0 Å². The molecule has 0 unspecified atom stereocenters. The number of benzene rings is 2. The maximum Gasteiger partial charge on any atom is 0.207 e. The number of anilines is 2. The average Bonchev–Trinajstić information content (AvgIpc) is 3.47. The summed E-state index contributed by atoms with van der Waals surface area (Å²) >= 11 is 0. The number of hydrogen-bond acceptors (Lipinski definition) is 11. The molecule has 2 aromatic carbocycles. The lowest BCUT2D eigenvalue weighted by atomic mass is 10.0. The van der Waals surface area contributed by atoms with Crippen LogP contribution in [0.25, 0.3) is 22.3 Å². The molecule has 12 nitrogen and oxygen atoms in total. The molecule has 12 heteroatoms. The molecule has 3 heterocycles. The van der Waals surface area contributed by atoms with Gasteiger partial charge < -0.3 is 41.0 Å². The van der Waals surface area contributed by atoms with E-state index in [4.69, 9.17) is 20.3 Å². The molecule has 0 saturated carbocycles. The van der Waals surface area contributed by atoms with Gasteiger partial charge in [-0.05, 0) is 41.7 Å². The maximum absolute atomic E-state index is 10.6. The number of nitrogens with one attached hydrogen (secondary N) is 1. The lowest BCUT2D eigenvalue weighted by Crippen LogP contribution is -2.33. The molecule has 1 saturated heterocycles. The first-order chi connectivity index (χ1) is 19.0. The fourth-order valence-electron chi connectivity index (χ4n) is 4.55. The normalized spacial score (nSPS) is 20.9. The number of imidazole rings is 1. The molecular formula is C27H32N6O6. The summed E-state index contributed by atoms with van der Waals surface area (Å²) in [4.78, 5) is 12.8. The fourth-order valence-corrected chi connectivity index (χ4v) is 4.55. The molecule has 39 heavy (non-hydrogen) atoms. The van der Waals surface area contributed by atoms with Gasteiger partial charge in [-0.15, -0.1) is 0 Å². The number of unbranched alkanes of at least 4 members (excludes halogenated alkanes) is 1. The summed E-state index contributed by atoms with van der Waals surface area (Å²) in [5.74, 6) is 1.27. The molecule has 206 valence electrons. The number of ether oxygens (including phenoxy) is 2. The first-order valence-electron chi connectivity index (χ1n) is 12.8. The number of hydrogen-bond donors (Lipinski definition) is 6. The van der Waals surface area contributed by atoms with Crippen molar-refractivity contribution in [2.75, 3.05) is 30.9 Å². The molecule has 0 radical (unpaired) electrons. The predicted octanol–water partition coefficient (Wildman–Crippen LogP) is 1.45. The van der Waals surface area contributed by atoms with Gasteiger partial charge in [-0.3, -0.25) is 4.57 Å². The number of fused-ring (bicyclic) bond motifs is 1. The van der Waals surface area contributed by atoms with Gasteiger partial charge in [0.1, 0.15) is 30.4 Å². The Morgan fingerprint density at radius 2 is 1.82 bits per heavy atom. The van der Waals surface area contributed by atoms with Crippen LogP contribution in [-0.4, -0.2) is 78.1 Å². The number of nitrogens with zero attached hydrogens (tertiary/aromatic N) is 4. The summed E-state index contributed by atoms with van der Waals surface area (Å²) in [5, 5.41) is 42.6. The van der Waals surface area contributed by atoms with Crippen molar-refractivity contribution in [3.63, 3.8) is 0 Å². The zero-order valence-electron chi connectivity index (χ0n) is 21.2. The van der Waals surface area contributed by atoms with Crippen LogP contribution in [0.5, 0.6) is 5.75 Å². The van der Waals surface area contributed by atoms with E-state index in [2.05, 4.69) is 20.3 Å². The van der Waals surface area contributed by atoms with Crippen molar-refractivity contribution in [3.05, 3.63) is 60.4 Å². The number of nitrogens with two attached hydrogens (primary N) is 1. The van der Waals surface area contributed by atoms with Crippen LogP contribution in [0.3, 0.4) is 0 Å². The van der Waals surface area contributed by atoms with E-state index in [0.29, 0.717) is 36.7 Å². The van der Waals surface area contributed by atoms with E-state index >= 15 is 0 Å². The lowest BCUT2D eigenvalue weighted by Gasteiger charge is -2.19. The van der Waals surface area contributed by atoms with Crippen LogP contribution >= 0.6 is 0 Å². The van der Waals surface area contributed by atoms with Gasteiger partial charge in [0.2, 0.25) is 5.95 Å². The molecule has 0 amide bonds. The molecule has 0 aliphatic carbocycles. The minimum Gasteiger partial charge on any atom is -0.494 e. The fraction of sp³-hybridized carbons (Fsp3) is 0.370. The molecule has 2 aromatic heterocycles. The van der Waals surface area contributed by atoms with Crippen LogP contribution in [0.15, 0.2) is 54.9 Å². The van der Waals surface area contributed by atoms with Crippen molar-refractivity contribution in [1.29, 1.82) is 0 Å². The van der Waals surface area contributed by atoms with Gasteiger partial charge >= 0.3 is 0 Å². The van der Waals surface area contributed by atoms with Crippen molar-refractivity contribution in [2.45, 2.75) is 43.9 Å². The Morgan fingerprint density at radius 3 is 2.56 bits per heavy atom. The Balaban J connectivity index is 1.33. The van der Waals surface area contributed by atoms with Crippen LogP contribution in [-0.2, 0) is 11.3 Å². The van der Waals surface area contributed by atoms with Crippen molar-refractivity contribution >= 4 is 22.9 Å². The zero-order chi connectivity index (χ0) is 27.4. The van der Waals surface area contributed by atoms with Crippen molar-refractivity contribution < 1.29 is 29.9 Å². The van der Waals surface area contributed by atoms with Crippen LogP contribution in [0.4, 0.5) is 11.8 Å². The predicted molar refractivity (Wildman–Crippen MR) is 144 cm³/mol. The summed E-state index contributed by atoms with van der Waals surface area (Å²) in [7, 11) is 0. The molecule has 4 atom stereocenters. The van der Waals surface area contributed by atoms with Crippen LogP contribution in [0.2, 0.25) is 0 Å². The molecule has 4 aromatic rings. The number of aliphatic hydroxyl groups excluding tert-OH is 4. The Labute approximate surface area is 224 Å². The number of nitrogen functional groups attached to an aromatic ring is 1. The van der Waals surface area contributed by atoms with Gasteiger partial charge in [-0.25, -0.2) is 15.0 Å². The van der Waals surface area contributed by atoms with E-state index in [1.807, 2.05) is 48.5 Å². The summed E-state index contributed by atoms with van der Waals surface area (Å²) in [5.41, 5.74) is 9.69. The van der Waals surface area contributed by atoms with Crippen LogP contribution in [0, 0.1) is 0 Å². The molecule has 0 bridgehead atoms. The number of rotatable bonds is 11. The highest BCUT2D eigenvalue weighted by atomic mass is 16.6. The first kappa shape index (κ1) is 26.8. The molecule has 1 aliphatic rings. The van der Waals surface area contributed by atoms with Gasteiger partial charge in [0.05, 0.1) is 13.2 Å². The van der Waals surface area contributed by atoms with Gasteiger partial charge in [0, 0.05) is 13.2 Å². The minimum atomic E-state index is -1.31. The monoisotopic (exact) mass is 536 g/mol. The van der Waals surface area contributed by atoms with E-state index in [0.717, 1.165) is 28.9 Å². The van der Waals surface area contributed by atoms with Crippen molar-refractivity contribution in [3.8, 4) is 16.9 Å². The number of aromatic nitrogens is 4. The van der Waals surface area contributed by atoms with Gasteiger partial charge in [0.25, 0.3) is 0 Å². The molecule has 5 rings (SSSR count). The van der Waals surface area contributed by atoms with Gasteiger partial charge in [0.15, 0.2) is 23.2 Å². The average molecular weight is 537 g/mol. The van der Waals surface area contributed by atoms with E-state index in [9.17, 15) is 15.3 Å². The molecule has 0 spiro atoms. The third-order valence-corrected chi connectivity index (χ3v) is 6.67. The van der Waals surface area contributed by atoms with E-state index in [1.54, 1.807) is 0 Å². The topological polar surface area (TPSA) is 181 Å². The first-order valence-corrected chi connectivity index (χ1v) is 12.8. The highest BCUT2D eigenvalue weighted by Gasteiger charge is 2.45. The second kappa shape index (κ2) is 11.9. The van der Waals surface area contributed by atoms with Crippen molar-refractivity contribution in [1.82, 2.24) is 19.5 Å². The highest BCUT2D eigenvalue weighted by Crippen LogP contribution is 2.35. The molecule has 7 N–H and O–H groups in total. The zero-order valence-corrected chi connectivity index (χ0v) is 21.2. The minimum absolute atomic E-state index is 0.161. The highest BCUT2D eigenvalue weighted by molar-refractivity contribution is 5.84. The van der Waals surface area contributed by atoms with Crippen LogP contribution in [0.1, 0.15) is 24.6 Å². The Kier molecular flexibility index (Phi) is 8.19. The van der Waals surface area contributed by atoms with Crippen molar-refractivity contribution in [2.24, 2.45) is 0 Å². The SMILES string of the molecule is Nc1ncnc2c1nc(NCc1ccc(-c3cccc(OCCCCO)c3)cc1)n2[C@@H]1O[C@H](CO)[C@@H](O)[C@H]1O. The van der Waals surface area contributed by atoms with E-state index in [-0.39, 0.29) is 12.4 Å². The third-order valence-electron chi connectivity index (χ3n) is 6.67. The molecule has 1 fully saturated rings. The summed E-state index contributed by atoms with van der Waals surface area (Å²) < 4.78 is 13.1. The summed E-state index contributed by atoms with van der Waals surface area (Å²) in [6.45, 7) is 0.653. The Hall–Kier alpha value is -3.81. The van der Waals surface area contributed by atoms with Gasteiger partial charge in [-0.1, -0.05) is 36.4 Å². The van der Waals surface area contributed by atoms with E-state index < -0.39 is 31.1 Å². The quantitative estimate of drug-likeness (QED) is 0.153. The standard InChI is InChI=1S/C27H32N6O6/c28-24-21-25(31-15-30-24)33(26-23(37)22(36)20(14-35)39-26)27(32-21)29-13-16-6-8-17(9-7-16)18-4-3-5-19(12-18)38-11-2-1-10-34/h3-9,12,15,20,22-23,26,34-37H,1-2,10-11,13-14H2,(H,29,32)(H2,28,30,31)/t20-,22-,23-,26-/m1/s1. The van der Waals surface area contributed by atoms with E-state index in [1.165, 1.54) is 10.9 Å². The summed E-state index contributed by atoms with van der Waals surface area (Å²) in [6.07, 6.45) is -1.79. The number of aliphatic hydroxyl groups is 4. The Bertz CT molecular complexity index is 1400. The third kappa shape index (κ3) is 5.65. The van der Waals surface area contributed by atoms with Crippen LogP contribution < -0.4 is 15.8 Å². The summed E-state index contributed by atoms with van der Waals surface area (Å²) in [6, 6.07) is 15.9. The Morgan fingerprint density at radius 1 is 1.00 bits per heavy atom. The second-order valence-electron chi connectivity index (χ2n) is 9.32. The largest absolute Gasteiger partial charge is 0.494 e. The molecule has 1 aliphatic heterocycles.